The highest BCUT2D eigenvalue weighted by molar-refractivity contribution is 14.0. The van der Waals surface area contributed by atoms with Crippen LogP contribution >= 0.6 is 24.0 Å². The van der Waals surface area contributed by atoms with Gasteiger partial charge in [0.25, 0.3) is 0 Å². The van der Waals surface area contributed by atoms with Gasteiger partial charge in [-0.1, -0.05) is 55.4 Å². The minimum absolute atomic E-state index is 0. The molecular formula is C21H28IN5O. The quantitative estimate of drug-likeness (QED) is 0.302. The number of guanidine groups is 1. The normalized spacial score (nSPS) is 12.7. The zero-order valence-electron chi connectivity index (χ0n) is 16.8. The van der Waals surface area contributed by atoms with Crippen LogP contribution in [0.2, 0.25) is 0 Å². The van der Waals surface area contributed by atoms with Crippen LogP contribution in [0.5, 0.6) is 0 Å². The maximum Gasteiger partial charge on any atom is 0.228 e. The lowest BCUT2D eigenvalue weighted by Gasteiger charge is -2.18. The first-order valence-corrected chi connectivity index (χ1v) is 9.35. The number of nitrogens with zero attached hydrogens (tertiary/aromatic N) is 3. The average Bonchev–Trinajstić information content (AvgIpc) is 3.16. The van der Waals surface area contributed by atoms with E-state index in [1.165, 1.54) is 16.3 Å². The highest BCUT2D eigenvalue weighted by Crippen LogP contribution is 2.20. The molecule has 0 bridgehead atoms. The van der Waals surface area contributed by atoms with E-state index in [1.54, 1.807) is 7.05 Å². The van der Waals surface area contributed by atoms with Gasteiger partial charge in [-0.2, -0.15) is 4.98 Å². The number of nitrogens with one attached hydrogen (secondary N) is 2. The molecule has 1 unspecified atom stereocenters. The summed E-state index contributed by atoms with van der Waals surface area (Å²) >= 11 is 0. The van der Waals surface area contributed by atoms with Crippen molar-refractivity contribution in [1.82, 2.24) is 20.8 Å². The van der Waals surface area contributed by atoms with Gasteiger partial charge in [-0.15, -0.1) is 24.0 Å². The van der Waals surface area contributed by atoms with E-state index in [9.17, 15) is 0 Å². The minimum Gasteiger partial charge on any atom is -0.356 e. The Balaban J connectivity index is 0.00000280. The van der Waals surface area contributed by atoms with Crippen LogP contribution in [0.15, 0.2) is 52.0 Å². The topological polar surface area (TPSA) is 75.3 Å². The molecule has 6 nitrogen and oxygen atoms in total. The number of benzene rings is 2. The molecule has 3 aromatic rings. The predicted molar refractivity (Wildman–Crippen MR) is 124 cm³/mol. The first-order chi connectivity index (χ1) is 13.1. The van der Waals surface area contributed by atoms with E-state index in [0.29, 0.717) is 18.9 Å². The monoisotopic (exact) mass is 493 g/mol. The van der Waals surface area contributed by atoms with E-state index in [2.05, 4.69) is 75.2 Å². The number of rotatable bonds is 6. The molecule has 28 heavy (non-hydrogen) atoms. The van der Waals surface area contributed by atoms with Crippen LogP contribution in [0.25, 0.3) is 10.8 Å². The van der Waals surface area contributed by atoms with E-state index in [0.717, 1.165) is 11.8 Å². The number of hydrogen-bond acceptors (Lipinski definition) is 4. The highest BCUT2D eigenvalue weighted by atomic mass is 127. The molecule has 0 radical (unpaired) electrons. The molecule has 0 fully saturated rings. The van der Waals surface area contributed by atoms with E-state index in [1.807, 2.05) is 13.8 Å². The molecule has 150 valence electrons. The van der Waals surface area contributed by atoms with Crippen molar-refractivity contribution in [3.8, 4) is 0 Å². The molecule has 1 aromatic heterocycles. The molecule has 1 atom stereocenters. The van der Waals surface area contributed by atoms with Crippen LogP contribution in [-0.4, -0.2) is 29.7 Å². The molecule has 0 aliphatic carbocycles. The molecule has 0 aliphatic rings. The maximum absolute atomic E-state index is 5.27. The molecule has 1 heterocycles. The summed E-state index contributed by atoms with van der Waals surface area (Å²) in [5.74, 6) is 2.41. The molecule has 2 aromatic carbocycles. The van der Waals surface area contributed by atoms with Crippen LogP contribution in [0.3, 0.4) is 0 Å². The molecule has 0 spiro atoms. The number of aromatic nitrogens is 2. The Hall–Kier alpha value is -2.16. The second-order valence-corrected chi connectivity index (χ2v) is 6.92. The average molecular weight is 493 g/mol. The molecular weight excluding hydrogens is 465 g/mol. The van der Waals surface area contributed by atoms with Crippen molar-refractivity contribution >= 4 is 40.7 Å². The maximum atomic E-state index is 5.27. The van der Waals surface area contributed by atoms with Gasteiger partial charge < -0.3 is 15.2 Å². The summed E-state index contributed by atoms with van der Waals surface area (Å²) in [6.07, 6.45) is 0.658. The second kappa shape index (κ2) is 10.4. The summed E-state index contributed by atoms with van der Waals surface area (Å²) in [5.41, 5.74) is 1.22. The highest BCUT2D eigenvalue weighted by Gasteiger charge is 2.11. The van der Waals surface area contributed by atoms with Crippen LogP contribution in [0.1, 0.15) is 50.0 Å². The van der Waals surface area contributed by atoms with Crippen LogP contribution in [0, 0.1) is 0 Å². The SMILES string of the molecule is CN=C(NCCc1nc(C(C)C)no1)NC(C)c1ccc2ccccc2c1.I. The predicted octanol–water partition coefficient (Wildman–Crippen LogP) is 4.43. The van der Waals surface area contributed by atoms with Gasteiger partial charge in [-0.25, -0.2) is 0 Å². The van der Waals surface area contributed by atoms with Gasteiger partial charge in [0.05, 0.1) is 6.04 Å². The Bertz CT molecular complexity index is 922. The van der Waals surface area contributed by atoms with Gasteiger partial charge in [0, 0.05) is 25.9 Å². The molecule has 0 amide bonds. The van der Waals surface area contributed by atoms with Crippen LogP contribution < -0.4 is 10.6 Å². The van der Waals surface area contributed by atoms with Crippen LogP contribution in [-0.2, 0) is 6.42 Å². The number of aliphatic imine (C=N–C) groups is 1. The van der Waals surface area contributed by atoms with E-state index >= 15 is 0 Å². The second-order valence-electron chi connectivity index (χ2n) is 6.92. The Morgan fingerprint density at radius 2 is 1.86 bits per heavy atom. The van der Waals surface area contributed by atoms with Gasteiger partial charge in [0.15, 0.2) is 11.8 Å². The summed E-state index contributed by atoms with van der Waals surface area (Å²) < 4.78 is 5.27. The summed E-state index contributed by atoms with van der Waals surface area (Å²) in [7, 11) is 1.77. The first kappa shape index (κ1) is 22.1. The fourth-order valence-electron chi connectivity index (χ4n) is 2.85. The summed E-state index contributed by atoms with van der Waals surface area (Å²) in [6.45, 7) is 6.90. The zero-order valence-corrected chi connectivity index (χ0v) is 19.1. The fraction of sp³-hybridized carbons (Fsp3) is 0.381. The third-order valence-corrected chi connectivity index (χ3v) is 4.48. The Kier molecular flexibility index (Phi) is 8.22. The molecule has 0 saturated heterocycles. The van der Waals surface area contributed by atoms with E-state index in [4.69, 9.17) is 4.52 Å². The molecule has 3 rings (SSSR count). The van der Waals surface area contributed by atoms with Gasteiger partial charge in [0.2, 0.25) is 5.89 Å². The van der Waals surface area contributed by atoms with Gasteiger partial charge in [-0.3, -0.25) is 4.99 Å². The van der Waals surface area contributed by atoms with E-state index < -0.39 is 0 Å². The first-order valence-electron chi connectivity index (χ1n) is 9.35. The smallest absolute Gasteiger partial charge is 0.228 e. The van der Waals surface area contributed by atoms with Crippen molar-refractivity contribution in [2.24, 2.45) is 4.99 Å². The van der Waals surface area contributed by atoms with Crippen molar-refractivity contribution in [2.75, 3.05) is 13.6 Å². The van der Waals surface area contributed by atoms with Crippen LogP contribution in [0.4, 0.5) is 0 Å². The lowest BCUT2D eigenvalue weighted by Crippen LogP contribution is -2.39. The third-order valence-electron chi connectivity index (χ3n) is 4.48. The van der Waals surface area contributed by atoms with Crippen molar-refractivity contribution < 1.29 is 4.52 Å². The van der Waals surface area contributed by atoms with E-state index in [-0.39, 0.29) is 35.9 Å². The summed E-state index contributed by atoms with van der Waals surface area (Å²) in [4.78, 5) is 8.70. The fourth-order valence-corrected chi connectivity index (χ4v) is 2.85. The van der Waals surface area contributed by atoms with Gasteiger partial charge in [-0.05, 0) is 29.3 Å². The van der Waals surface area contributed by atoms with Crippen molar-refractivity contribution in [2.45, 2.75) is 39.2 Å². The lowest BCUT2D eigenvalue weighted by atomic mass is 10.0. The Morgan fingerprint density at radius 3 is 2.54 bits per heavy atom. The summed E-state index contributed by atoms with van der Waals surface area (Å²) in [5, 5.41) is 13.2. The molecule has 2 N–H and O–H groups in total. The van der Waals surface area contributed by atoms with Crippen molar-refractivity contribution in [3.63, 3.8) is 0 Å². The molecule has 7 heteroatoms. The number of halogens is 1. The standard InChI is InChI=1S/C21H27N5O.HI/c1-14(2)20-25-19(27-26-20)11-12-23-21(22-4)24-15(3)17-10-9-16-7-5-6-8-18(16)13-17;/h5-10,13-15H,11-12H2,1-4H3,(H2,22,23,24);1H. The largest absolute Gasteiger partial charge is 0.356 e. The minimum atomic E-state index is 0. The zero-order chi connectivity index (χ0) is 19.2. The van der Waals surface area contributed by atoms with Crippen molar-refractivity contribution in [1.29, 1.82) is 0 Å². The number of hydrogen-bond donors (Lipinski definition) is 2. The molecule has 0 saturated carbocycles. The Morgan fingerprint density at radius 1 is 1.11 bits per heavy atom. The van der Waals surface area contributed by atoms with Gasteiger partial charge in [0.1, 0.15) is 0 Å². The summed E-state index contributed by atoms with van der Waals surface area (Å²) in [6, 6.07) is 15.0. The van der Waals surface area contributed by atoms with Gasteiger partial charge >= 0.3 is 0 Å². The third kappa shape index (κ3) is 5.67. The Labute approximate surface area is 183 Å². The number of fused-ring (bicyclic) bond motifs is 1. The molecule has 0 aliphatic heterocycles. The lowest BCUT2D eigenvalue weighted by molar-refractivity contribution is 0.371. The van der Waals surface area contributed by atoms with Crippen molar-refractivity contribution in [3.05, 3.63) is 59.7 Å².